The van der Waals surface area contributed by atoms with Crippen molar-refractivity contribution in [3.8, 4) is 0 Å². The van der Waals surface area contributed by atoms with Crippen LogP contribution in [0, 0.1) is 0 Å². The van der Waals surface area contributed by atoms with Gasteiger partial charge in [0.2, 0.25) is 5.91 Å². The van der Waals surface area contributed by atoms with Crippen LogP contribution in [-0.2, 0) is 4.79 Å². The molecule has 0 saturated carbocycles. The lowest BCUT2D eigenvalue weighted by Crippen LogP contribution is -2.29. The van der Waals surface area contributed by atoms with Gasteiger partial charge in [-0.2, -0.15) is 0 Å². The van der Waals surface area contributed by atoms with E-state index in [1.54, 1.807) is 0 Å². The van der Waals surface area contributed by atoms with Gasteiger partial charge in [-0.3, -0.25) is 4.79 Å². The van der Waals surface area contributed by atoms with Crippen molar-refractivity contribution in [2.45, 2.75) is 45.7 Å². The smallest absolute Gasteiger partial charge is 0.221 e. The number of anilines is 1. The fourth-order valence-corrected chi connectivity index (χ4v) is 2.09. The van der Waals surface area contributed by atoms with Gasteiger partial charge in [-0.15, -0.1) is 0 Å². The molecule has 0 spiro atoms. The molecule has 1 rings (SSSR count). The number of benzene rings is 1. The molecule has 0 aliphatic carbocycles. The highest BCUT2D eigenvalue weighted by molar-refractivity contribution is 5.88. The van der Waals surface area contributed by atoms with E-state index in [1.165, 1.54) is 6.92 Å². The summed E-state index contributed by atoms with van der Waals surface area (Å²) >= 11 is 0. The highest BCUT2D eigenvalue weighted by Gasteiger charge is 2.09. The van der Waals surface area contributed by atoms with Crippen molar-refractivity contribution in [1.29, 1.82) is 0 Å². The first-order valence-electron chi connectivity index (χ1n) is 6.77. The maximum Gasteiger partial charge on any atom is 0.221 e. The molecule has 2 atom stereocenters. The third kappa shape index (κ3) is 5.85. The first-order valence-corrected chi connectivity index (χ1v) is 6.77. The third-order valence-electron chi connectivity index (χ3n) is 3.04. The van der Waals surface area contributed by atoms with Crippen molar-refractivity contribution in [2.75, 3.05) is 11.9 Å². The van der Waals surface area contributed by atoms with E-state index in [9.17, 15) is 4.79 Å². The molecule has 0 aromatic heterocycles. The zero-order chi connectivity index (χ0) is 14.3. The summed E-state index contributed by atoms with van der Waals surface area (Å²) < 4.78 is 0. The SMILES string of the molecule is CC(=O)Nc1cccc(C(C)NC(C)CCCO)c1. The predicted molar refractivity (Wildman–Crippen MR) is 78.1 cm³/mol. The summed E-state index contributed by atoms with van der Waals surface area (Å²) in [6.07, 6.45) is 1.76. The van der Waals surface area contributed by atoms with Crippen LogP contribution in [0.4, 0.5) is 5.69 Å². The zero-order valence-electron chi connectivity index (χ0n) is 11.9. The quantitative estimate of drug-likeness (QED) is 0.709. The van der Waals surface area contributed by atoms with Crippen LogP contribution in [0.5, 0.6) is 0 Å². The van der Waals surface area contributed by atoms with Gasteiger partial charge in [0.15, 0.2) is 0 Å². The predicted octanol–water partition coefficient (Wildman–Crippen LogP) is 2.46. The molecule has 4 heteroatoms. The van der Waals surface area contributed by atoms with Gasteiger partial charge >= 0.3 is 0 Å². The van der Waals surface area contributed by atoms with Crippen LogP contribution >= 0.6 is 0 Å². The first kappa shape index (κ1) is 15.7. The Kier molecular flexibility index (Phi) is 6.53. The lowest BCUT2D eigenvalue weighted by atomic mass is 10.1. The molecule has 1 aromatic carbocycles. The Labute approximate surface area is 115 Å². The van der Waals surface area contributed by atoms with E-state index in [4.69, 9.17) is 5.11 Å². The van der Waals surface area contributed by atoms with Crippen LogP contribution in [0.3, 0.4) is 0 Å². The van der Waals surface area contributed by atoms with Gasteiger partial charge in [0.05, 0.1) is 0 Å². The van der Waals surface area contributed by atoms with E-state index in [-0.39, 0.29) is 18.6 Å². The summed E-state index contributed by atoms with van der Waals surface area (Å²) in [6, 6.07) is 8.41. The van der Waals surface area contributed by atoms with Crippen LogP contribution in [0.1, 0.15) is 45.2 Å². The van der Waals surface area contributed by atoms with Gasteiger partial charge < -0.3 is 15.7 Å². The zero-order valence-corrected chi connectivity index (χ0v) is 11.9. The number of carbonyl (C=O) groups is 1. The molecule has 1 amide bonds. The lowest BCUT2D eigenvalue weighted by Gasteiger charge is -2.20. The molecule has 0 aliphatic heterocycles. The number of amides is 1. The summed E-state index contributed by atoms with van der Waals surface area (Å²) in [7, 11) is 0. The van der Waals surface area contributed by atoms with Gasteiger partial charge in [-0.25, -0.2) is 0 Å². The molecule has 2 unspecified atom stereocenters. The van der Waals surface area contributed by atoms with Crippen molar-refractivity contribution in [3.63, 3.8) is 0 Å². The maximum absolute atomic E-state index is 11.0. The average Bonchev–Trinajstić information content (AvgIpc) is 2.35. The average molecular weight is 264 g/mol. The number of nitrogens with one attached hydrogen (secondary N) is 2. The number of aliphatic hydroxyl groups is 1. The maximum atomic E-state index is 11.0. The summed E-state index contributed by atoms with van der Waals surface area (Å²) in [5.74, 6) is -0.0610. The van der Waals surface area contributed by atoms with Crippen LogP contribution in [0.15, 0.2) is 24.3 Å². The van der Waals surface area contributed by atoms with E-state index in [1.807, 2.05) is 24.3 Å². The highest BCUT2D eigenvalue weighted by atomic mass is 16.2. The molecule has 0 fully saturated rings. The van der Waals surface area contributed by atoms with Crippen molar-refractivity contribution < 1.29 is 9.90 Å². The molecule has 0 bridgehead atoms. The van der Waals surface area contributed by atoms with Crippen LogP contribution in [0.25, 0.3) is 0 Å². The molecule has 106 valence electrons. The van der Waals surface area contributed by atoms with Crippen LogP contribution in [-0.4, -0.2) is 23.7 Å². The van der Waals surface area contributed by atoms with Crippen molar-refractivity contribution in [2.24, 2.45) is 0 Å². The minimum absolute atomic E-state index is 0.0610. The molecule has 1 aromatic rings. The number of aliphatic hydroxyl groups excluding tert-OH is 1. The Morgan fingerprint density at radius 3 is 2.74 bits per heavy atom. The highest BCUT2D eigenvalue weighted by Crippen LogP contribution is 2.18. The molecule has 4 nitrogen and oxygen atoms in total. The minimum Gasteiger partial charge on any atom is -0.396 e. The molecule has 19 heavy (non-hydrogen) atoms. The lowest BCUT2D eigenvalue weighted by molar-refractivity contribution is -0.114. The van der Waals surface area contributed by atoms with E-state index < -0.39 is 0 Å². The number of hydrogen-bond acceptors (Lipinski definition) is 3. The van der Waals surface area contributed by atoms with Crippen molar-refractivity contribution in [1.82, 2.24) is 5.32 Å². The monoisotopic (exact) mass is 264 g/mol. The molecular formula is C15H24N2O2. The molecule has 0 saturated heterocycles. The van der Waals surface area contributed by atoms with Gasteiger partial charge in [0.25, 0.3) is 0 Å². The molecular weight excluding hydrogens is 240 g/mol. The van der Waals surface area contributed by atoms with Gasteiger partial charge in [-0.1, -0.05) is 12.1 Å². The Balaban J connectivity index is 2.60. The number of rotatable bonds is 7. The molecule has 3 N–H and O–H groups in total. The van der Waals surface area contributed by atoms with Gasteiger partial charge in [0.1, 0.15) is 0 Å². The summed E-state index contributed by atoms with van der Waals surface area (Å²) in [5.41, 5.74) is 1.96. The standard InChI is InChI=1S/C15H24N2O2/c1-11(6-5-9-18)16-12(2)14-7-4-8-15(10-14)17-13(3)19/h4,7-8,10-12,16,18H,5-6,9H2,1-3H3,(H,17,19). The second-order valence-corrected chi connectivity index (χ2v) is 4.96. The molecule has 0 aliphatic rings. The topological polar surface area (TPSA) is 61.4 Å². The van der Waals surface area contributed by atoms with Gasteiger partial charge in [0, 0.05) is 31.3 Å². The second-order valence-electron chi connectivity index (χ2n) is 4.96. The van der Waals surface area contributed by atoms with E-state index in [0.717, 1.165) is 24.1 Å². The molecule has 0 radical (unpaired) electrons. The Bertz CT molecular complexity index is 407. The van der Waals surface area contributed by atoms with E-state index in [2.05, 4.69) is 24.5 Å². The fraction of sp³-hybridized carbons (Fsp3) is 0.533. The Hall–Kier alpha value is -1.39. The number of hydrogen-bond donors (Lipinski definition) is 3. The van der Waals surface area contributed by atoms with Crippen LogP contribution < -0.4 is 10.6 Å². The Morgan fingerprint density at radius 1 is 1.37 bits per heavy atom. The van der Waals surface area contributed by atoms with Crippen molar-refractivity contribution in [3.05, 3.63) is 29.8 Å². The number of carbonyl (C=O) groups excluding carboxylic acids is 1. The van der Waals surface area contributed by atoms with Crippen molar-refractivity contribution >= 4 is 11.6 Å². The van der Waals surface area contributed by atoms with Gasteiger partial charge in [-0.05, 0) is 44.4 Å². The Morgan fingerprint density at radius 2 is 2.11 bits per heavy atom. The second kappa shape index (κ2) is 7.92. The summed E-state index contributed by atoms with van der Waals surface area (Å²) in [6.45, 7) is 5.95. The minimum atomic E-state index is -0.0610. The normalized spacial score (nSPS) is 13.9. The van der Waals surface area contributed by atoms with E-state index >= 15 is 0 Å². The third-order valence-corrected chi connectivity index (χ3v) is 3.04. The largest absolute Gasteiger partial charge is 0.396 e. The fourth-order valence-electron chi connectivity index (χ4n) is 2.09. The van der Waals surface area contributed by atoms with E-state index in [0.29, 0.717) is 6.04 Å². The summed E-state index contributed by atoms with van der Waals surface area (Å²) in [5, 5.41) is 15.1. The summed E-state index contributed by atoms with van der Waals surface area (Å²) in [4.78, 5) is 11.0. The first-order chi connectivity index (χ1) is 9.02. The molecule has 0 heterocycles. The van der Waals surface area contributed by atoms with Crippen LogP contribution in [0.2, 0.25) is 0 Å².